The Labute approximate surface area is 149 Å². The van der Waals surface area contributed by atoms with E-state index in [2.05, 4.69) is 4.74 Å². The number of aliphatic hydroxyl groups excluding tert-OH is 1. The summed E-state index contributed by atoms with van der Waals surface area (Å²) in [6, 6.07) is 3.02. The first kappa shape index (κ1) is 22.3. The Balaban J connectivity index is 0.000000527. The third kappa shape index (κ3) is 5.62. The van der Waals surface area contributed by atoms with Gasteiger partial charge in [-0.1, -0.05) is 12.1 Å². The number of aliphatic carboxylic acids is 2. The molecule has 1 fully saturated rings. The molecule has 1 aliphatic carbocycles. The van der Waals surface area contributed by atoms with Gasteiger partial charge in [0.2, 0.25) is 0 Å². The molecule has 2 atom stereocenters. The molecule has 1 aromatic rings. The van der Waals surface area contributed by atoms with Gasteiger partial charge in [0, 0.05) is 5.56 Å². The van der Waals surface area contributed by atoms with Crippen molar-refractivity contribution in [2.45, 2.75) is 37.3 Å². The maximum Gasteiger partial charge on any atom is 0.573 e. The smallest absolute Gasteiger partial charge is 0.473 e. The zero-order chi connectivity index (χ0) is 21.0. The van der Waals surface area contributed by atoms with E-state index in [1.54, 1.807) is 0 Å². The zero-order valence-electron chi connectivity index (χ0n) is 13.5. The molecule has 2 unspecified atom stereocenters. The Bertz CT molecular complexity index is 725. The number of halogens is 4. The van der Waals surface area contributed by atoms with E-state index in [4.69, 9.17) is 25.5 Å². The van der Waals surface area contributed by atoms with Crippen molar-refractivity contribution in [3.63, 3.8) is 0 Å². The average molecular weight is 397 g/mol. The third-order valence-corrected chi connectivity index (χ3v) is 3.64. The van der Waals surface area contributed by atoms with Gasteiger partial charge in [0.05, 0.1) is 0 Å². The molecule has 0 aromatic heterocycles. The van der Waals surface area contributed by atoms with Gasteiger partial charge in [-0.2, -0.15) is 0 Å². The summed E-state index contributed by atoms with van der Waals surface area (Å²) in [7, 11) is 0. The summed E-state index contributed by atoms with van der Waals surface area (Å²) >= 11 is 0. The van der Waals surface area contributed by atoms with Crippen molar-refractivity contribution in [1.82, 2.24) is 0 Å². The Morgan fingerprint density at radius 1 is 1.22 bits per heavy atom. The second-order valence-corrected chi connectivity index (χ2v) is 5.52. The molecule has 1 aliphatic rings. The van der Waals surface area contributed by atoms with Crippen LogP contribution in [-0.2, 0) is 19.9 Å². The molecule has 2 rings (SSSR count). The number of rotatable bonds is 2. The Hall–Kier alpha value is -2.73. The highest BCUT2D eigenvalue weighted by Gasteiger charge is 2.45. The molecule has 1 aromatic carbocycles. The number of carboxylic acid groups (broad SMARTS) is 2. The predicted octanol–water partition coefficient (Wildman–Crippen LogP) is 1.15. The Morgan fingerprint density at radius 2 is 1.78 bits per heavy atom. The number of nitrogens with two attached hydrogens (primary N) is 1. The van der Waals surface area contributed by atoms with Crippen LogP contribution in [-0.4, -0.2) is 45.5 Å². The Morgan fingerprint density at radius 3 is 2.26 bits per heavy atom. The molecule has 12 heteroatoms. The van der Waals surface area contributed by atoms with Gasteiger partial charge in [-0.05, 0) is 25.3 Å². The quantitative estimate of drug-likeness (QED) is 0.429. The molecule has 0 saturated heterocycles. The SMILES string of the molecule is NC1(c2cccc(OC(F)(F)F)c2F)CCCC(O)C1=O.O=C(O)C(=O)O. The molecule has 0 heterocycles. The lowest BCUT2D eigenvalue weighted by atomic mass is 9.75. The van der Waals surface area contributed by atoms with E-state index in [-0.39, 0.29) is 12.8 Å². The number of hydrogen-bond acceptors (Lipinski definition) is 6. The minimum Gasteiger partial charge on any atom is -0.473 e. The summed E-state index contributed by atoms with van der Waals surface area (Å²) in [5.74, 6) is -6.86. The molecular formula is C15H15F4NO7. The predicted molar refractivity (Wildman–Crippen MR) is 79.1 cm³/mol. The van der Waals surface area contributed by atoms with E-state index in [0.717, 1.165) is 18.2 Å². The third-order valence-electron chi connectivity index (χ3n) is 3.64. The van der Waals surface area contributed by atoms with Crippen LogP contribution >= 0.6 is 0 Å². The van der Waals surface area contributed by atoms with Crippen LogP contribution < -0.4 is 10.5 Å². The highest BCUT2D eigenvalue weighted by atomic mass is 19.4. The van der Waals surface area contributed by atoms with Gasteiger partial charge in [-0.15, -0.1) is 13.2 Å². The topological polar surface area (TPSA) is 147 Å². The molecule has 0 amide bonds. The summed E-state index contributed by atoms with van der Waals surface area (Å²) in [4.78, 5) is 30.2. The monoisotopic (exact) mass is 397 g/mol. The fourth-order valence-electron chi connectivity index (χ4n) is 2.45. The summed E-state index contributed by atoms with van der Waals surface area (Å²) in [6.45, 7) is 0. The van der Waals surface area contributed by atoms with Crippen LogP contribution in [0.4, 0.5) is 17.6 Å². The number of ether oxygens (including phenoxy) is 1. The van der Waals surface area contributed by atoms with E-state index in [1.165, 1.54) is 0 Å². The fraction of sp³-hybridized carbons (Fsp3) is 0.400. The molecular weight excluding hydrogens is 382 g/mol. The van der Waals surface area contributed by atoms with Crippen molar-refractivity contribution >= 4 is 17.7 Å². The molecule has 0 aliphatic heterocycles. The van der Waals surface area contributed by atoms with Gasteiger partial charge >= 0.3 is 18.3 Å². The Kier molecular flexibility index (Phi) is 6.87. The lowest BCUT2D eigenvalue weighted by molar-refractivity contribution is -0.275. The van der Waals surface area contributed by atoms with Gasteiger partial charge < -0.3 is 25.8 Å². The van der Waals surface area contributed by atoms with Crippen molar-refractivity contribution in [3.05, 3.63) is 29.6 Å². The average Bonchev–Trinajstić information content (AvgIpc) is 2.54. The number of ketones is 1. The maximum atomic E-state index is 14.2. The van der Waals surface area contributed by atoms with Gasteiger partial charge in [0.15, 0.2) is 17.3 Å². The van der Waals surface area contributed by atoms with E-state index >= 15 is 0 Å². The van der Waals surface area contributed by atoms with Crippen molar-refractivity contribution in [2.75, 3.05) is 0 Å². The van der Waals surface area contributed by atoms with Crippen LogP contribution in [0.25, 0.3) is 0 Å². The van der Waals surface area contributed by atoms with Crippen LogP contribution in [0, 0.1) is 5.82 Å². The molecule has 0 radical (unpaired) electrons. The molecule has 0 bridgehead atoms. The number of carbonyl (C=O) groups is 3. The number of benzene rings is 1. The van der Waals surface area contributed by atoms with Crippen LogP contribution in [0.5, 0.6) is 5.75 Å². The number of Topliss-reactive ketones (excluding diaryl/α,β-unsaturated/α-hetero) is 1. The van der Waals surface area contributed by atoms with Gasteiger partial charge in [-0.3, -0.25) is 4.79 Å². The van der Waals surface area contributed by atoms with Gasteiger partial charge in [-0.25, -0.2) is 14.0 Å². The summed E-state index contributed by atoms with van der Waals surface area (Å²) in [5, 5.41) is 24.3. The number of aliphatic hydroxyl groups is 1. The lowest BCUT2D eigenvalue weighted by Gasteiger charge is -2.35. The standard InChI is InChI=1S/C13H13F4NO3.C2H2O4/c14-10-7(3-1-5-9(10)21-13(15,16)17)12(18)6-2-4-8(19)11(12)20;3-1(4)2(5)6/h1,3,5,8,19H,2,4,6,18H2;(H,3,4)(H,5,6). The summed E-state index contributed by atoms with van der Waals surface area (Å²) in [6.07, 6.45) is -5.83. The molecule has 5 N–H and O–H groups in total. The van der Waals surface area contributed by atoms with Gasteiger partial charge in [0.25, 0.3) is 0 Å². The maximum absolute atomic E-state index is 14.2. The normalized spacial score (nSPS) is 22.4. The fourth-order valence-corrected chi connectivity index (χ4v) is 2.45. The second kappa shape index (κ2) is 8.31. The lowest BCUT2D eigenvalue weighted by Crippen LogP contribution is -2.53. The first-order valence-electron chi connectivity index (χ1n) is 7.32. The molecule has 1 saturated carbocycles. The van der Waals surface area contributed by atoms with Crippen molar-refractivity contribution in [3.8, 4) is 5.75 Å². The molecule has 8 nitrogen and oxygen atoms in total. The number of carboxylic acids is 2. The summed E-state index contributed by atoms with van der Waals surface area (Å²) in [5.41, 5.74) is 3.60. The second-order valence-electron chi connectivity index (χ2n) is 5.52. The van der Waals surface area contributed by atoms with Crippen LogP contribution in [0.15, 0.2) is 18.2 Å². The first-order chi connectivity index (χ1) is 12.3. The van der Waals surface area contributed by atoms with Crippen LogP contribution in [0.1, 0.15) is 24.8 Å². The van der Waals surface area contributed by atoms with E-state index < -0.39 is 52.9 Å². The van der Waals surface area contributed by atoms with Crippen LogP contribution in [0.3, 0.4) is 0 Å². The van der Waals surface area contributed by atoms with Crippen molar-refractivity contribution in [1.29, 1.82) is 0 Å². The molecule has 27 heavy (non-hydrogen) atoms. The largest absolute Gasteiger partial charge is 0.573 e. The zero-order valence-corrected chi connectivity index (χ0v) is 13.5. The van der Waals surface area contributed by atoms with Gasteiger partial charge in [0.1, 0.15) is 11.6 Å². The van der Waals surface area contributed by atoms with E-state index in [1.807, 2.05) is 0 Å². The highest BCUT2D eigenvalue weighted by molar-refractivity contribution is 6.27. The van der Waals surface area contributed by atoms with Crippen molar-refractivity contribution < 1.29 is 52.0 Å². The van der Waals surface area contributed by atoms with Crippen molar-refractivity contribution in [2.24, 2.45) is 5.73 Å². The molecule has 150 valence electrons. The van der Waals surface area contributed by atoms with E-state index in [9.17, 15) is 27.5 Å². The highest BCUT2D eigenvalue weighted by Crippen LogP contribution is 2.37. The number of alkyl halides is 3. The number of carbonyl (C=O) groups excluding carboxylic acids is 1. The first-order valence-corrected chi connectivity index (χ1v) is 7.32. The molecule has 0 spiro atoms. The minimum atomic E-state index is -5.06. The van der Waals surface area contributed by atoms with Crippen LogP contribution in [0.2, 0.25) is 0 Å². The minimum absolute atomic E-state index is 0.0370. The van der Waals surface area contributed by atoms with E-state index in [0.29, 0.717) is 6.42 Å². The number of hydrogen-bond donors (Lipinski definition) is 4. The summed E-state index contributed by atoms with van der Waals surface area (Å²) < 4.78 is 54.4.